The minimum absolute atomic E-state index is 0.0266. The highest BCUT2D eigenvalue weighted by molar-refractivity contribution is 5.78. The van der Waals surface area contributed by atoms with E-state index in [1.54, 1.807) is 0 Å². The van der Waals surface area contributed by atoms with Crippen LogP contribution in [0.4, 0.5) is 0 Å². The molecule has 0 aromatic carbocycles. The van der Waals surface area contributed by atoms with Crippen LogP contribution in [0.3, 0.4) is 0 Å². The molecule has 5 nitrogen and oxygen atoms in total. The molecule has 0 saturated heterocycles. The van der Waals surface area contributed by atoms with E-state index in [4.69, 9.17) is 9.47 Å². The molecule has 0 atom stereocenters. The van der Waals surface area contributed by atoms with Crippen molar-refractivity contribution < 1.29 is 23.9 Å². The van der Waals surface area contributed by atoms with Gasteiger partial charge in [-0.25, -0.2) is 0 Å². The average molecular weight is 735 g/mol. The number of esters is 2. The third-order valence-corrected chi connectivity index (χ3v) is 11.0. The maximum atomic E-state index is 12.6. The smallest absolute Gasteiger partial charge is 0.306 e. The fourth-order valence-corrected chi connectivity index (χ4v) is 7.39. The summed E-state index contributed by atoms with van der Waals surface area (Å²) in [6.45, 7) is 9.60. The lowest BCUT2D eigenvalue weighted by Crippen LogP contribution is -2.18. The average Bonchev–Trinajstić information content (AvgIpc) is 3.13. The van der Waals surface area contributed by atoms with Gasteiger partial charge in [-0.2, -0.15) is 0 Å². The van der Waals surface area contributed by atoms with Crippen LogP contribution in [-0.2, 0) is 23.9 Å². The number of hydrogen-bond acceptors (Lipinski definition) is 5. The molecule has 0 bridgehead atoms. The van der Waals surface area contributed by atoms with Gasteiger partial charge in [-0.15, -0.1) is 0 Å². The lowest BCUT2D eigenvalue weighted by molar-refractivity contribution is -0.150. The predicted octanol–water partition coefficient (Wildman–Crippen LogP) is 15.1. The molecule has 5 heteroatoms. The minimum atomic E-state index is -0.0544. The summed E-state index contributed by atoms with van der Waals surface area (Å²) >= 11 is 0. The summed E-state index contributed by atoms with van der Waals surface area (Å²) < 4.78 is 11.6. The van der Waals surface area contributed by atoms with Gasteiger partial charge < -0.3 is 9.47 Å². The van der Waals surface area contributed by atoms with Crippen molar-refractivity contribution in [2.24, 2.45) is 5.92 Å². The number of carbonyl (C=O) groups excluding carboxylic acids is 3. The maximum Gasteiger partial charge on any atom is 0.306 e. The van der Waals surface area contributed by atoms with E-state index < -0.39 is 0 Å². The Balaban J connectivity index is 3.97. The van der Waals surface area contributed by atoms with Gasteiger partial charge >= 0.3 is 11.9 Å². The van der Waals surface area contributed by atoms with Gasteiger partial charge in [0, 0.05) is 25.7 Å². The zero-order valence-electron chi connectivity index (χ0n) is 35.6. The van der Waals surface area contributed by atoms with Crippen molar-refractivity contribution in [2.45, 2.75) is 271 Å². The molecule has 0 fully saturated rings. The first kappa shape index (κ1) is 50.6. The summed E-state index contributed by atoms with van der Waals surface area (Å²) in [5, 5.41) is 0. The van der Waals surface area contributed by atoms with E-state index in [1.807, 2.05) is 0 Å². The maximum absolute atomic E-state index is 12.6. The van der Waals surface area contributed by atoms with Crippen LogP contribution < -0.4 is 0 Å². The van der Waals surface area contributed by atoms with Gasteiger partial charge in [-0.3, -0.25) is 14.4 Å². The molecule has 308 valence electrons. The van der Waals surface area contributed by atoms with Crippen LogP contribution >= 0.6 is 0 Å². The fourth-order valence-electron chi connectivity index (χ4n) is 7.39. The van der Waals surface area contributed by atoms with E-state index in [0.717, 1.165) is 70.6 Å². The quantitative estimate of drug-likeness (QED) is 0.0461. The summed E-state index contributed by atoms with van der Waals surface area (Å²) in [6.07, 6.45) is 41.2. The van der Waals surface area contributed by atoms with E-state index in [2.05, 4.69) is 27.7 Å². The largest absolute Gasteiger partial charge is 0.466 e. The fraction of sp³-hybridized carbons (Fsp3) is 0.936. The Kier molecular flexibility index (Phi) is 39.7. The third-order valence-electron chi connectivity index (χ3n) is 11.0. The van der Waals surface area contributed by atoms with Gasteiger partial charge in [-0.05, 0) is 63.7 Å². The van der Waals surface area contributed by atoms with E-state index in [0.29, 0.717) is 44.0 Å². The number of Topliss-reactive ketones (excluding diaryl/α,β-unsaturated/α-hetero) is 1. The van der Waals surface area contributed by atoms with Gasteiger partial charge in [0.2, 0.25) is 0 Å². The van der Waals surface area contributed by atoms with Crippen molar-refractivity contribution in [3.8, 4) is 0 Å². The van der Waals surface area contributed by atoms with Crippen molar-refractivity contribution in [1.82, 2.24) is 0 Å². The summed E-state index contributed by atoms with van der Waals surface area (Å²) in [5.74, 6) is 0.965. The summed E-state index contributed by atoms with van der Waals surface area (Å²) in [5.41, 5.74) is 0. The molecule has 0 aliphatic heterocycles. The Morgan fingerprint density at radius 2 is 0.712 bits per heavy atom. The Morgan fingerprint density at radius 1 is 0.365 bits per heavy atom. The van der Waals surface area contributed by atoms with E-state index >= 15 is 0 Å². The van der Waals surface area contributed by atoms with Gasteiger partial charge in [0.1, 0.15) is 11.9 Å². The molecule has 0 aromatic heterocycles. The molecule has 0 aromatic rings. The molecule has 0 amide bonds. The summed E-state index contributed by atoms with van der Waals surface area (Å²) in [4.78, 5) is 37.3. The molecular weight excluding hydrogens is 645 g/mol. The van der Waals surface area contributed by atoms with Crippen molar-refractivity contribution in [2.75, 3.05) is 6.61 Å². The third kappa shape index (κ3) is 36.9. The van der Waals surface area contributed by atoms with Crippen molar-refractivity contribution >= 4 is 17.7 Å². The first-order valence-corrected chi connectivity index (χ1v) is 23.3. The van der Waals surface area contributed by atoms with Gasteiger partial charge in [-0.1, -0.05) is 182 Å². The molecule has 0 unspecified atom stereocenters. The highest BCUT2D eigenvalue weighted by Gasteiger charge is 2.15. The van der Waals surface area contributed by atoms with Crippen molar-refractivity contribution in [3.05, 3.63) is 0 Å². The Hall–Kier alpha value is -1.39. The highest BCUT2D eigenvalue weighted by atomic mass is 16.5. The second-order valence-electron chi connectivity index (χ2n) is 16.2. The lowest BCUT2D eigenvalue weighted by Gasteiger charge is -2.18. The molecule has 52 heavy (non-hydrogen) atoms. The molecule has 0 N–H and O–H groups in total. The Morgan fingerprint density at radius 3 is 1.17 bits per heavy atom. The highest BCUT2D eigenvalue weighted by Crippen LogP contribution is 2.22. The van der Waals surface area contributed by atoms with E-state index in [9.17, 15) is 14.4 Å². The summed E-state index contributed by atoms with van der Waals surface area (Å²) in [7, 11) is 0. The molecule has 0 rings (SSSR count). The summed E-state index contributed by atoms with van der Waals surface area (Å²) in [6, 6.07) is 0. The standard InChI is InChI=1S/C47H90O5/c1-5-9-13-17-19-29-37-45(38-30-20-18-14-10-6-2)52-47(50)40-32-24-22-28-36-44(48)35-27-21-23-31-39-46(49)51-42-41-43(33-25-15-11-7-3)34-26-16-12-8-4/h43,45H,5-42H2,1-4H3. The van der Waals surface area contributed by atoms with Crippen LogP contribution in [0.1, 0.15) is 265 Å². The van der Waals surface area contributed by atoms with Gasteiger partial charge in [0.25, 0.3) is 0 Å². The first-order valence-electron chi connectivity index (χ1n) is 23.3. The monoisotopic (exact) mass is 735 g/mol. The van der Waals surface area contributed by atoms with Crippen LogP contribution in [0, 0.1) is 5.92 Å². The normalized spacial score (nSPS) is 11.5. The molecule has 0 spiro atoms. The molecular formula is C47H90O5. The SMILES string of the molecule is CCCCCCCCC(CCCCCCCC)OC(=O)CCCCCCC(=O)CCCCCCC(=O)OCCC(CCCCCC)CCCCCC. The zero-order valence-corrected chi connectivity index (χ0v) is 35.6. The molecule has 0 aliphatic carbocycles. The Labute approximate surface area is 324 Å². The van der Waals surface area contributed by atoms with Crippen molar-refractivity contribution in [1.29, 1.82) is 0 Å². The number of hydrogen-bond donors (Lipinski definition) is 0. The molecule has 0 saturated carbocycles. The second kappa shape index (κ2) is 40.8. The Bertz CT molecular complexity index is 752. The number of ketones is 1. The van der Waals surface area contributed by atoms with Crippen molar-refractivity contribution in [3.63, 3.8) is 0 Å². The number of unbranched alkanes of at least 4 members (excludes halogenated alkanes) is 22. The number of rotatable bonds is 42. The first-order chi connectivity index (χ1) is 25.5. The number of ether oxygens (including phenoxy) is 2. The topological polar surface area (TPSA) is 69.7 Å². The van der Waals surface area contributed by atoms with Gasteiger partial charge in [0.05, 0.1) is 6.61 Å². The van der Waals surface area contributed by atoms with Crippen LogP contribution in [0.5, 0.6) is 0 Å². The zero-order chi connectivity index (χ0) is 38.2. The lowest BCUT2D eigenvalue weighted by atomic mass is 9.92. The molecule has 0 radical (unpaired) electrons. The van der Waals surface area contributed by atoms with E-state index in [-0.39, 0.29) is 18.0 Å². The molecule has 0 heterocycles. The molecule has 0 aliphatic rings. The van der Waals surface area contributed by atoms with E-state index in [1.165, 1.54) is 141 Å². The van der Waals surface area contributed by atoms with Crippen LogP contribution in [0.15, 0.2) is 0 Å². The minimum Gasteiger partial charge on any atom is -0.466 e. The second-order valence-corrected chi connectivity index (χ2v) is 16.2. The van der Waals surface area contributed by atoms with Gasteiger partial charge in [0.15, 0.2) is 0 Å². The number of carbonyl (C=O) groups is 3. The van der Waals surface area contributed by atoms with Crippen LogP contribution in [0.2, 0.25) is 0 Å². The predicted molar refractivity (Wildman–Crippen MR) is 223 cm³/mol. The van der Waals surface area contributed by atoms with Crippen LogP contribution in [0.25, 0.3) is 0 Å². The van der Waals surface area contributed by atoms with Crippen LogP contribution in [-0.4, -0.2) is 30.4 Å².